The van der Waals surface area contributed by atoms with Gasteiger partial charge in [0.2, 0.25) is 0 Å². The predicted molar refractivity (Wildman–Crippen MR) is 87.9 cm³/mol. The molecule has 0 bridgehead atoms. The molecule has 0 amide bonds. The van der Waals surface area contributed by atoms with E-state index in [1.54, 1.807) is 18.2 Å². The minimum absolute atomic E-state index is 0.0294. The van der Waals surface area contributed by atoms with Gasteiger partial charge >= 0.3 is 0 Å². The van der Waals surface area contributed by atoms with E-state index in [2.05, 4.69) is 0 Å². The number of benzene rings is 2. The van der Waals surface area contributed by atoms with Gasteiger partial charge in [0.25, 0.3) is 5.69 Å². The second-order valence-electron chi connectivity index (χ2n) is 5.29. The molecule has 0 fully saturated rings. The van der Waals surface area contributed by atoms with Crippen LogP contribution in [-0.4, -0.2) is 37.1 Å². The minimum atomic E-state index is -0.430. The first-order valence-corrected chi connectivity index (χ1v) is 7.38. The monoisotopic (exact) mass is 334 g/mol. The fourth-order valence-electron chi connectivity index (χ4n) is 2.22. The third kappa shape index (κ3) is 4.92. The molecule has 6 nitrogen and oxygen atoms in total. The summed E-state index contributed by atoms with van der Waals surface area (Å²) in [5.74, 6) is 0.891. The van der Waals surface area contributed by atoms with Crippen LogP contribution in [0.3, 0.4) is 0 Å². The Morgan fingerprint density at radius 2 is 1.92 bits per heavy atom. The van der Waals surface area contributed by atoms with Crippen molar-refractivity contribution in [3.63, 3.8) is 0 Å². The smallest absolute Gasteiger partial charge is 0.270 e. The fraction of sp³-hybridized carbons (Fsp3) is 0.294. The highest BCUT2D eigenvalue weighted by atomic mass is 19.1. The number of nitrogens with zero attached hydrogens (tertiary/aromatic N) is 2. The lowest BCUT2D eigenvalue weighted by molar-refractivity contribution is -0.384. The maximum absolute atomic E-state index is 12.8. The Balaban J connectivity index is 1.91. The molecule has 2 aromatic carbocycles. The standard InChI is InChI=1S/C17H19FN2O4/c1-19(9-10-24-16-6-3-14(18)4-7-16)12-13-11-15(20(21)22)5-8-17(13)23-2/h3-8,11H,9-10,12H2,1-2H3. The molecule has 0 aliphatic heterocycles. The third-order valence-corrected chi connectivity index (χ3v) is 3.47. The van der Waals surface area contributed by atoms with E-state index in [1.807, 2.05) is 11.9 Å². The molecule has 0 aromatic heterocycles. The lowest BCUT2D eigenvalue weighted by atomic mass is 10.1. The summed E-state index contributed by atoms with van der Waals surface area (Å²) in [4.78, 5) is 12.4. The zero-order valence-corrected chi connectivity index (χ0v) is 13.6. The maximum atomic E-state index is 12.8. The summed E-state index contributed by atoms with van der Waals surface area (Å²) in [6.45, 7) is 1.50. The van der Waals surface area contributed by atoms with Gasteiger partial charge in [-0.25, -0.2) is 4.39 Å². The minimum Gasteiger partial charge on any atom is -0.496 e. The highest BCUT2D eigenvalue weighted by Crippen LogP contribution is 2.25. The number of halogens is 1. The van der Waals surface area contributed by atoms with Crippen LogP contribution in [0.25, 0.3) is 0 Å². The van der Waals surface area contributed by atoms with E-state index in [-0.39, 0.29) is 11.5 Å². The van der Waals surface area contributed by atoms with Crippen LogP contribution in [0, 0.1) is 15.9 Å². The number of ether oxygens (including phenoxy) is 2. The zero-order chi connectivity index (χ0) is 17.5. The molecule has 24 heavy (non-hydrogen) atoms. The van der Waals surface area contributed by atoms with Gasteiger partial charge in [0.05, 0.1) is 12.0 Å². The predicted octanol–water partition coefficient (Wildman–Crippen LogP) is 3.25. The van der Waals surface area contributed by atoms with Crippen LogP contribution >= 0.6 is 0 Å². The molecule has 2 rings (SSSR count). The van der Waals surface area contributed by atoms with Gasteiger partial charge in [-0.1, -0.05) is 0 Å². The molecule has 0 saturated carbocycles. The Morgan fingerprint density at radius 3 is 2.54 bits per heavy atom. The molecule has 7 heteroatoms. The summed E-state index contributed by atoms with van der Waals surface area (Å²) in [6, 6.07) is 10.3. The SMILES string of the molecule is COc1ccc([N+](=O)[O-])cc1CN(C)CCOc1ccc(F)cc1. The molecular weight excluding hydrogens is 315 g/mol. The number of hydrogen-bond donors (Lipinski definition) is 0. The van der Waals surface area contributed by atoms with Gasteiger partial charge in [-0.15, -0.1) is 0 Å². The van der Waals surface area contributed by atoms with Crippen molar-refractivity contribution in [3.05, 3.63) is 64.0 Å². The summed E-state index contributed by atoms with van der Waals surface area (Å²) >= 11 is 0. The van der Waals surface area contributed by atoms with Crippen molar-refractivity contribution >= 4 is 5.69 Å². The molecule has 2 aromatic rings. The second kappa shape index (κ2) is 8.26. The summed E-state index contributed by atoms with van der Waals surface area (Å²) in [5.41, 5.74) is 0.762. The highest BCUT2D eigenvalue weighted by molar-refractivity contribution is 5.43. The van der Waals surface area contributed by atoms with Crippen LogP contribution in [0.4, 0.5) is 10.1 Å². The van der Waals surface area contributed by atoms with E-state index in [1.165, 1.54) is 31.4 Å². The number of rotatable bonds is 8. The third-order valence-electron chi connectivity index (χ3n) is 3.47. The van der Waals surface area contributed by atoms with Gasteiger partial charge in [-0.3, -0.25) is 15.0 Å². The number of nitro groups is 1. The molecule has 0 heterocycles. The normalized spacial score (nSPS) is 10.7. The van der Waals surface area contributed by atoms with Crippen molar-refractivity contribution in [2.24, 2.45) is 0 Å². The Hall–Kier alpha value is -2.67. The molecular formula is C17H19FN2O4. The molecule has 0 unspecified atom stereocenters. The first-order chi connectivity index (χ1) is 11.5. The van der Waals surface area contributed by atoms with E-state index in [0.29, 0.717) is 31.2 Å². The van der Waals surface area contributed by atoms with Crippen molar-refractivity contribution in [1.82, 2.24) is 4.90 Å². The van der Waals surface area contributed by atoms with Crippen LogP contribution in [0.1, 0.15) is 5.56 Å². The summed E-state index contributed by atoms with van der Waals surface area (Å²) in [5, 5.41) is 10.9. The molecule has 0 atom stereocenters. The van der Waals surface area contributed by atoms with Crippen molar-refractivity contribution < 1.29 is 18.8 Å². The van der Waals surface area contributed by atoms with E-state index in [4.69, 9.17) is 9.47 Å². The molecule has 0 spiro atoms. The number of methoxy groups -OCH3 is 1. The number of non-ortho nitro benzene ring substituents is 1. The molecule has 0 aliphatic rings. The lowest BCUT2D eigenvalue weighted by Crippen LogP contribution is -2.24. The molecule has 0 N–H and O–H groups in total. The first-order valence-electron chi connectivity index (χ1n) is 7.38. The summed E-state index contributed by atoms with van der Waals surface area (Å²) in [7, 11) is 3.41. The molecule has 0 aliphatic carbocycles. The quantitative estimate of drug-likeness (QED) is 0.548. The maximum Gasteiger partial charge on any atom is 0.270 e. The number of hydrogen-bond acceptors (Lipinski definition) is 5. The summed E-state index contributed by atoms with van der Waals surface area (Å²) in [6.07, 6.45) is 0. The van der Waals surface area contributed by atoms with E-state index in [9.17, 15) is 14.5 Å². The van der Waals surface area contributed by atoms with Gasteiger partial charge in [-0.2, -0.15) is 0 Å². The Labute approximate surface area is 139 Å². The molecule has 128 valence electrons. The lowest BCUT2D eigenvalue weighted by Gasteiger charge is -2.18. The van der Waals surface area contributed by atoms with Crippen molar-refractivity contribution in [3.8, 4) is 11.5 Å². The van der Waals surface area contributed by atoms with Gasteiger partial charge < -0.3 is 9.47 Å². The van der Waals surface area contributed by atoms with Crippen LogP contribution in [0.2, 0.25) is 0 Å². The Bertz CT molecular complexity index is 691. The number of likely N-dealkylation sites (N-methyl/N-ethyl adjacent to an activating group) is 1. The van der Waals surface area contributed by atoms with E-state index < -0.39 is 4.92 Å². The van der Waals surface area contributed by atoms with Crippen LogP contribution in [-0.2, 0) is 6.54 Å². The first kappa shape index (κ1) is 17.7. The van der Waals surface area contributed by atoms with Crippen LogP contribution in [0.15, 0.2) is 42.5 Å². The van der Waals surface area contributed by atoms with E-state index >= 15 is 0 Å². The Morgan fingerprint density at radius 1 is 1.21 bits per heavy atom. The van der Waals surface area contributed by atoms with Crippen LogP contribution < -0.4 is 9.47 Å². The van der Waals surface area contributed by atoms with E-state index in [0.717, 1.165) is 5.56 Å². The second-order valence-corrected chi connectivity index (χ2v) is 5.29. The highest BCUT2D eigenvalue weighted by Gasteiger charge is 2.13. The fourth-order valence-corrected chi connectivity index (χ4v) is 2.22. The van der Waals surface area contributed by atoms with Crippen molar-refractivity contribution in [1.29, 1.82) is 0 Å². The van der Waals surface area contributed by atoms with Crippen LogP contribution in [0.5, 0.6) is 11.5 Å². The summed E-state index contributed by atoms with van der Waals surface area (Å²) < 4.78 is 23.6. The molecule has 0 saturated heterocycles. The van der Waals surface area contributed by atoms with Gasteiger partial charge in [0.1, 0.15) is 23.9 Å². The number of nitro benzene ring substituents is 1. The Kier molecular flexibility index (Phi) is 6.08. The topological polar surface area (TPSA) is 64.8 Å². The molecule has 0 radical (unpaired) electrons. The average Bonchev–Trinajstić information content (AvgIpc) is 2.56. The zero-order valence-electron chi connectivity index (χ0n) is 13.6. The van der Waals surface area contributed by atoms with Gasteiger partial charge in [0, 0.05) is 30.8 Å². The van der Waals surface area contributed by atoms with Gasteiger partial charge in [0.15, 0.2) is 0 Å². The van der Waals surface area contributed by atoms with Crippen molar-refractivity contribution in [2.45, 2.75) is 6.54 Å². The largest absolute Gasteiger partial charge is 0.496 e. The average molecular weight is 334 g/mol. The van der Waals surface area contributed by atoms with Crippen molar-refractivity contribution in [2.75, 3.05) is 27.3 Å². The van der Waals surface area contributed by atoms with Gasteiger partial charge in [-0.05, 0) is 37.4 Å².